The largest absolute Gasteiger partial charge is 0.335 e. The zero-order chi connectivity index (χ0) is 2.71. The Kier molecular flexibility index (Phi) is 22.5. The molecule has 4 heteroatoms. The first-order chi connectivity index (χ1) is 1.41. The molecule has 0 saturated heterocycles. The van der Waals surface area contributed by atoms with Gasteiger partial charge >= 0.3 is 11.6 Å². The summed E-state index contributed by atoms with van der Waals surface area (Å²) >= 11 is -0.750. The minimum atomic E-state index is -0.750. The maximum absolute atomic E-state index is 8.29. The predicted octanol–water partition coefficient (Wildman–Crippen LogP) is -0.673. The van der Waals surface area contributed by atoms with Gasteiger partial charge in [0.05, 0.1) is 0 Å². The first-order valence-corrected chi connectivity index (χ1v) is 1.00. The van der Waals surface area contributed by atoms with Crippen molar-refractivity contribution in [2.24, 2.45) is 0 Å². The van der Waals surface area contributed by atoms with E-state index >= 15 is 0 Å². The van der Waals surface area contributed by atoms with Gasteiger partial charge in [-0.15, -0.1) is 0 Å². The number of hydrogen-bond acceptors (Lipinski definition) is 2. The molecule has 0 bridgehead atoms. The monoisotopic (exact) mass is 119 g/mol. The first-order valence-electron chi connectivity index (χ1n) is 0.333. The molecule has 25 valence electrons. The molecule has 0 aromatic carbocycles. The van der Waals surface area contributed by atoms with Gasteiger partial charge < -0.3 is 0 Å². The second-order valence-corrected chi connectivity index (χ2v) is 0.204. The second kappa shape index (κ2) is 10.2. The van der Waals surface area contributed by atoms with Gasteiger partial charge in [0.15, 0.2) is 0 Å². The van der Waals surface area contributed by atoms with E-state index in [9.17, 15) is 0 Å². The summed E-state index contributed by atoms with van der Waals surface area (Å²) in [6.45, 7) is 0. The molecule has 0 aliphatic carbocycles. The summed E-state index contributed by atoms with van der Waals surface area (Å²) in [5.41, 5.74) is 0. The van der Waals surface area contributed by atoms with Crippen LogP contribution in [-0.2, 0) is 28.6 Å². The standard InChI is InChI=1S/Mn.O2S/c;1-3-2. The minimum Gasteiger partial charge on any atom is -0.168 e. The van der Waals surface area contributed by atoms with E-state index in [-0.39, 0.29) is 17.1 Å². The van der Waals surface area contributed by atoms with Crippen LogP contribution in [0.4, 0.5) is 0 Å². The van der Waals surface area contributed by atoms with E-state index in [0.29, 0.717) is 0 Å². The van der Waals surface area contributed by atoms with Crippen molar-refractivity contribution in [3.63, 3.8) is 0 Å². The van der Waals surface area contributed by atoms with Gasteiger partial charge in [0.1, 0.15) is 0 Å². The molecule has 0 saturated carbocycles. The van der Waals surface area contributed by atoms with Crippen molar-refractivity contribution in [1.29, 1.82) is 0 Å². The molecule has 0 aliphatic rings. The van der Waals surface area contributed by atoms with Crippen molar-refractivity contribution < 1.29 is 25.5 Å². The van der Waals surface area contributed by atoms with E-state index in [0.717, 1.165) is 0 Å². The summed E-state index contributed by atoms with van der Waals surface area (Å²) in [5, 5.41) is 0. The maximum Gasteiger partial charge on any atom is 0.335 e. The summed E-state index contributed by atoms with van der Waals surface area (Å²) < 4.78 is 16.6. The molecular weight excluding hydrogens is 119 g/mol. The Bertz CT molecular complexity index is 27.0. The fourth-order valence-corrected chi connectivity index (χ4v) is 0. The molecule has 0 aromatic rings. The molecule has 2 nitrogen and oxygen atoms in total. The number of rotatable bonds is 0. The summed E-state index contributed by atoms with van der Waals surface area (Å²) in [4.78, 5) is 0. The predicted molar refractivity (Wildman–Crippen MR) is 8.92 cm³/mol. The van der Waals surface area contributed by atoms with Gasteiger partial charge in [-0.05, 0) is 0 Å². The molecular formula is MnO2S. The summed E-state index contributed by atoms with van der Waals surface area (Å²) in [6.07, 6.45) is 0. The SMILES string of the molecule is O=S=O.[Mn]. The molecule has 0 aliphatic heterocycles. The third-order valence-electron chi connectivity index (χ3n) is 0. The van der Waals surface area contributed by atoms with Crippen molar-refractivity contribution in [2.75, 3.05) is 0 Å². The topological polar surface area (TPSA) is 34.1 Å². The van der Waals surface area contributed by atoms with E-state index in [1.54, 1.807) is 0 Å². The zero-order valence-corrected chi connectivity index (χ0v) is 3.60. The second-order valence-electron chi connectivity index (χ2n) is 0.0680. The van der Waals surface area contributed by atoms with Crippen LogP contribution in [0.3, 0.4) is 0 Å². The van der Waals surface area contributed by atoms with E-state index in [1.165, 1.54) is 0 Å². The normalized spacial score (nSPS) is 3.00. The van der Waals surface area contributed by atoms with Gasteiger partial charge in [0.2, 0.25) is 0 Å². The van der Waals surface area contributed by atoms with E-state index < -0.39 is 11.6 Å². The van der Waals surface area contributed by atoms with Gasteiger partial charge in [-0.1, -0.05) is 0 Å². The van der Waals surface area contributed by atoms with E-state index in [1.807, 2.05) is 0 Å². The quantitative estimate of drug-likeness (QED) is 0.396. The van der Waals surface area contributed by atoms with Crippen LogP contribution in [0.2, 0.25) is 0 Å². The average Bonchev–Trinajstić information content (AvgIpc) is 0.918. The van der Waals surface area contributed by atoms with Crippen molar-refractivity contribution >= 4 is 11.6 Å². The molecule has 0 spiro atoms. The van der Waals surface area contributed by atoms with E-state index in [2.05, 4.69) is 0 Å². The minimum absolute atomic E-state index is 0. The fourth-order valence-electron chi connectivity index (χ4n) is 0. The Hall–Kier alpha value is 0.339. The molecule has 0 atom stereocenters. The Morgan fingerprint density at radius 3 is 1.25 bits per heavy atom. The number of hydrogen-bond donors (Lipinski definition) is 0. The van der Waals surface area contributed by atoms with Gasteiger partial charge in [-0.25, -0.2) is 0 Å². The van der Waals surface area contributed by atoms with Gasteiger partial charge in [0.25, 0.3) is 0 Å². The molecule has 0 amide bonds. The van der Waals surface area contributed by atoms with Crippen LogP contribution in [0.1, 0.15) is 0 Å². The van der Waals surface area contributed by atoms with Crippen LogP contribution in [0.15, 0.2) is 0 Å². The molecule has 0 rings (SSSR count). The Balaban J connectivity index is 0. The summed E-state index contributed by atoms with van der Waals surface area (Å²) in [7, 11) is 0. The third-order valence-corrected chi connectivity index (χ3v) is 0. The van der Waals surface area contributed by atoms with Gasteiger partial charge in [-0.3, -0.25) is 0 Å². The molecule has 0 unspecified atom stereocenters. The van der Waals surface area contributed by atoms with Crippen LogP contribution in [0.25, 0.3) is 0 Å². The van der Waals surface area contributed by atoms with Crippen LogP contribution >= 0.6 is 0 Å². The van der Waals surface area contributed by atoms with Crippen molar-refractivity contribution in [2.45, 2.75) is 0 Å². The molecule has 0 N–H and O–H groups in total. The van der Waals surface area contributed by atoms with Crippen molar-refractivity contribution in [1.82, 2.24) is 0 Å². The van der Waals surface area contributed by atoms with Crippen LogP contribution in [-0.4, -0.2) is 8.42 Å². The smallest absolute Gasteiger partial charge is 0.168 e. The molecule has 0 aromatic heterocycles. The summed E-state index contributed by atoms with van der Waals surface area (Å²) in [5.74, 6) is 0. The molecule has 0 heterocycles. The van der Waals surface area contributed by atoms with Crippen LogP contribution < -0.4 is 0 Å². The van der Waals surface area contributed by atoms with Crippen LogP contribution in [0, 0.1) is 0 Å². The molecule has 4 heavy (non-hydrogen) atoms. The molecule has 0 fully saturated rings. The average molecular weight is 119 g/mol. The Labute approximate surface area is 37.7 Å². The molecule has 1 radical (unpaired) electrons. The Morgan fingerprint density at radius 2 is 1.25 bits per heavy atom. The maximum atomic E-state index is 8.29. The summed E-state index contributed by atoms with van der Waals surface area (Å²) in [6, 6.07) is 0. The Morgan fingerprint density at radius 1 is 1.25 bits per heavy atom. The zero-order valence-electron chi connectivity index (χ0n) is 1.60. The van der Waals surface area contributed by atoms with Crippen molar-refractivity contribution in [3.05, 3.63) is 0 Å². The first kappa shape index (κ1) is 8.84. The van der Waals surface area contributed by atoms with Crippen molar-refractivity contribution in [3.8, 4) is 0 Å². The van der Waals surface area contributed by atoms with Gasteiger partial charge in [0, 0.05) is 17.1 Å². The van der Waals surface area contributed by atoms with E-state index in [4.69, 9.17) is 8.42 Å². The third kappa shape index (κ3) is 36.4. The fraction of sp³-hybridized carbons (Fsp3) is 0. The van der Waals surface area contributed by atoms with Gasteiger partial charge in [-0.2, -0.15) is 8.42 Å². The van der Waals surface area contributed by atoms with Crippen LogP contribution in [0.5, 0.6) is 0 Å².